The van der Waals surface area contributed by atoms with Gasteiger partial charge in [0.15, 0.2) is 0 Å². The highest BCUT2D eigenvalue weighted by molar-refractivity contribution is 4.70. The Morgan fingerprint density at radius 1 is 0.458 bits per heavy atom. The van der Waals surface area contributed by atoms with E-state index in [0.29, 0.717) is 5.41 Å². The van der Waals surface area contributed by atoms with E-state index < -0.39 is 0 Å². The zero-order chi connectivity index (χ0) is 17.8. The Labute approximate surface area is 154 Å². The molecule has 0 amide bonds. The van der Waals surface area contributed by atoms with Gasteiger partial charge in [0, 0.05) is 0 Å². The normalized spacial score (nSPS) is 33.1. The first-order chi connectivity index (χ1) is 11.4. The Balaban J connectivity index is 2.39. The van der Waals surface area contributed by atoms with Gasteiger partial charge in [0.05, 0.1) is 0 Å². The lowest BCUT2D eigenvalue weighted by molar-refractivity contribution is 0.270. The second-order valence-electron chi connectivity index (χ2n) is 10.2. The Bertz CT molecular complexity index is 290. The van der Waals surface area contributed by atoms with Gasteiger partial charge in [-0.25, -0.2) is 0 Å². The highest BCUT2D eigenvalue weighted by atomic mass is 14.2. The van der Waals surface area contributed by atoms with Crippen molar-refractivity contribution in [1.82, 2.24) is 0 Å². The first kappa shape index (κ1) is 22.0. The lowest BCUT2D eigenvalue weighted by atomic mass is 9.80. The third-order valence-corrected chi connectivity index (χ3v) is 6.64. The second-order valence-corrected chi connectivity index (χ2v) is 10.2. The van der Waals surface area contributed by atoms with E-state index in [2.05, 4.69) is 34.6 Å². The van der Waals surface area contributed by atoms with E-state index in [1.807, 2.05) is 0 Å². The molecule has 0 nitrogen and oxygen atoms in total. The van der Waals surface area contributed by atoms with E-state index in [4.69, 9.17) is 0 Å². The van der Waals surface area contributed by atoms with Crippen molar-refractivity contribution in [2.45, 2.75) is 131 Å². The first-order valence-corrected chi connectivity index (χ1v) is 11.4. The Morgan fingerprint density at radius 3 is 1.17 bits per heavy atom. The molecule has 0 N–H and O–H groups in total. The summed E-state index contributed by atoms with van der Waals surface area (Å²) in [6.07, 6.45) is 21.9. The fourth-order valence-corrected chi connectivity index (χ4v) is 4.55. The highest BCUT2D eigenvalue weighted by Gasteiger charge is 2.18. The molecule has 3 unspecified atom stereocenters. The molecule has 0 bridgehead atoms. The standard InChI is InChI=1S/C24H48/c1-21-13-6-7-15-22(2)17-10-11-19-24(4,5)20-12-18-23(3)16-9-8-14-21/h21-23H,6-20H2,1-5H3. The van der Waals surface area contributed by atoms with Crippen molar-refractivity contribution in [1.29, 1.82) is 0 Å². The van der Waals surface area contributed by atoms with Crippen LogP contribution in [-0.4, -0.2) is 0 Å². The van der Waals surface area contributed by atoms with Gasteiger partial charge < -0.3 is 0 Å². The quantitative estimate of drug-likeness (QED) is 0.414. The molecule has 1 aliphatic carbocycles. The van der Waals surface area contributed by atoms with Gasteiger partial charge in [0.1, 0.15) is 0 Å². The van der Waals surface area contributed by atoms with Gasteiger partial charge in [-0.1, -0.05) is 118 Å². The van der Waals surface area contributed by atoms with Crippen molar-refractivity contribution < 1.29 is 0 Å². The SMILES string of the molecule is CC1CCCCC(C)CCCCC(C)(C)CCCC(C)CCCC1. The van der Waals surface area contributed by atoms with Gasteiger partial charge in [-0.05, 0) is 36.0 Å². The maximum atomic E-state index is 2.50. The Morgan fingerprint density at radius 2 is 0.750 bits per heavy atom. The second kappa shape index (κ2) is 12.4. The molecule has 1 fully saturated rings. The minimum absolute atomic E-state index is 0.571. The molecule has 1 aliphatic rings. The van der Waals surface area contributed by atoms with Gasteiger partial charge >= 0.3 is 0 Å². The summed E-state index contributed by atoms with van der Waals surface area (Å²) in [6, 6.07) is 0. The van der Waals surface area contributed by atoms with Gasteiger partial charge in [-0.15, -0.1) is 0 Å². The zero-order valence-corrected chi connectivity index (χ0v) is 17.8. The highest BCUT2D eigenvalue weighted by Crippen LogP contribution is 2.32. The van der Waals surface area contributed by atoms with E-state index in [0.717, 1.165) is 17.8 Å². The molecule has 1 rings (SSSR count). The summed E-state index contributed by atoms with van der Waals surface area (Å²) in [7, 11) is 0. The van der Waals surface area contributed by atoms with Crippen LogP contribution in [0, 0.1) is 23.2 Å². The molecule has 0 heteroatoms. The maximum absolute atomic E-state index is 2.50. The van der Waals surface area contributed by atoms with Crippen LogP contribution >= 0.6 is 0 Å². The minimum atomic E-state index is 0.571. The van der Waals surface area contributed by atoms with Crippen LogP contribution in [0.5, 0.6) is 0 Å². The molecular formula is C24H48. The average Bonchev–Trinajstić information content (AvgIpc) is 2.51. The smallest absolute Gasteiger partial charge is 0.0354 e. The molecule has 0 aliphatic heterocycles. The van der Waals surface area contributed by atoms with Gasteiger partial charge in [-0.3, -0.25) is 0 Å². The predicted molar refractivity (Wildman–Crippen MR) is 111 cm³/mol. The van der Waals surface area contributed by atoms with Crippen molar-refractivity contribution in [3.63, 3.8) is 0 Å². The third kappa shape index (κ3) is 11.5. The van der Waals surface area contributed by atoms with Gasteiger partial charge in [-0.2, -0.15) is 0 Å². The van der Waals surface area contributed by atoms with Gasteiger partial charge in [0.25, 0.3) is 0 Å². The lowest BCUT2D eigenvalue weighted by Gasteiger charge is -2.25. The van der Waals surface area contributed by atoms with Crippen molar-refractivity contribution in [2.75, 3.05) is 0 Å². The van der Waals surface area contributed by atoms with Crippen LogP contribution in [0.1, 0.15) is 131 Å². The van der Waals surface area contributed by atoms with Crippen LogP contribution in [0.2, 0.25) is 0 Å². The molecule has 24 heavy (non-hydrogen) atoms. The molecule has 0 heterocycles. The summed E-state index contributed by atoms with van der Waals surface area (Å²) in [6.45, 7) is 12.5. The molecule has 0 aromatic heterocycles. The summed E-state index contributed by atoms with van der Waals surface area (Å²) in [5, 5.41) is 0. The first-order valence-electron chi connectivity index (χ1n) is 11.4. The Hall–Kier alpha value is 0. The minimum Gasteiger partial charge on any atom is -0.0625 e. The average molecular weight is 337 g/mol. The molecule has 0 aromatic rings. The van der Waals surface area contributed by atoms with E-state index >= 15 is 0 Å². The van der Waals surface area contributed by atoms with Crippen molar-refractivity contribution in [3.8, 4) is 0 Å². The predicted octanol–water partition coefficient (Wildman–Crippen LogP) is 8.79. The van der Waals surface area contributed by atoms with Crippen LogP contribution in [0.4, 0.5) is 0 Å². The fourth-order valence-electron chi connectivity index (χ4n) is 4.55. The number of hydrogen-bond acceptors (Lipinski definition) is 0. The fraction of sp³-hybridized carbons (Fsp3) is 1.00. The van der Waals surface area contributed by atoms with E-state index in [9.17, 15) is 0 Å². The summed E-state index contributed by atoms with van der Waals surface area (Å²) in [5.74, 6) is 2.85. The van der Waals surface area contributed by atoms with Crippen molar-refractivity contribution in [3.05, 3.63) is 0 Å². The molecule has 0 aromatic carbocycles. The zero-order valence-electron chi connectivity index (χ0n) is 17.8. The maximum Gasteiger partial charge on any atom is -0.0354 e. The molecule has 144 valence electrons. The van der Waals surface area contributed by atoms with Crippen LogP contribution in [-0.2, 0) is 0 Å². The van der Waals surface area contributed by atoms with Gasteiger partial charge in [0.2, 0.25) is 0 Å². The van der Waals surface area contributed by atoms with Crippen LogP contribution < -0.4 is 0 Å². The van der Waals surface area contributed by atoms with Crippen LogP contribution in [0.3, 0.4) is 0 Å². The molecule has 0 saturated heterocycles. The number of hydrogen-bond donors (Lipinski definition) is 0. The van der Waals surface area contributed by atoms with E-state index in [-0.39, 0.29) is 0 Å². The number of rotatable bonds is 0. The summed E-state index contributed by atoms with van der Waals surface area (Å²) in [4.78, 5) is 0. The largest absolute Gasteiger partial charge is 0.0625 e. The molecule has 3 atom stereocenters. The summed E-state index contributed by atoms with van der Waals surface area (Å²) in [5.41, 5.74) is 0.571. The Kier molecular flexibility index (Phi) is 11.4. The van der Waals surface area contributed by atoms with E-state index in [1.54, 1.807) is 0 Å². The van der Waals surface area contributed by atoms with Crippen molar-refractivity contribution >= 4 is 0 Å². The molecule has 1 saturated carbocycles. The summed E-state index contributed by atoms with van der Waals surface area (Å²) >= 11 is 0. The topological polar surface area (TPSA) is 0 Å². The van der Waals surface area contributed by atoms with Crippen LogP contribution in [0.15, 0.2) is 0 Å². The summed E-state index contributed by atoms with van der Waals surface area (Å²) < 4.78 is 0. The molecular weight excluding hydrogens is 288 g/mol. The lowest BCUT2D eigenvalue weighted by Crippen LogP contribution is -2.12. The van der Waals surface area contributed by atoms with Crippen molar-refractivity contribution in [2.24, 2.45) is 23.2 Å². The molecule has 0 spiro atoms. The third-order valence-electron chi connectivity index (χ3n) is 6.64. The monoisotopic (exact) mass is 336 g/mol. The molecule has 0 radical (unpaired) electrons. The van der Waals surface area contributed by atoms with E-state index in [1.165, 1.54) is 96.3 Å². The van der Waals surface area contributed by atoms with Crippen LogP contribution in [0.25, 0.3) is 0 Å².